The molecule has 158 valence electrons. The number of sulfonamides is 1. The molecule has 0 spiro atoms. The van der Waals surface area contributed by atoms with E-state index in [0.717, 1.165) is 5.56 Å². The first-order valence-electron chi connectivity index (χ1n) is 9.31. The lowest BCUT2D eigenvalue weighted by Gasteiger charge is -2.17. The zero-order valence-corrected chi connectivity index (χ0v) is 17.6. The molecule has 0 fully saturated rings. The van der Waals surface area contributed by atoms with Crippen LogP contribution in [0.3, 0.4) is 0 Å². The van der Waals surface area contributed by atoms with E-state index in [4.69, 9.17) is 4.74 Å². The lowest BCUT2D eigenvalue weighted by atomic mass is 10.2. The molecule has 0 aliphatic rings. The highest BCUT2D eigenvalue weighted by molar-refractivity contribution is 7.89. The van der Waals surface area contributed by atoms with Crippen LogP contribution in [0.1, 0.15) is 19.4 Å². The number of halogens is 1. The maximum atomic E-state index is 13.0. The number of nitrogens with zero attached hydrogens (tertiary/aromatic N) is 1. The van der Waals surface area contributed by atoms with Crippen LogP contribution >= 0.6 is 0 Å². The third-order valence-corrected chi connectivity index (χ3v) is 5.40. The van der Waals surface area contributed by atoms with E-state index in [1.54, 1.807) is 36.4 Å². The molecule has 0 bridgehead atoms. The minimum absolute atomic E-state index is 0.157. The van der Waals surface area contributed by atoms with Crippen molar-refractivity contribution in [2.24, 2.45) is 4.99 Å². The third kappa shape index (κ3) is 7.35. The highest BCUT2D eigenvalue weighted by Gasteiger charge is 2.10. The fourth-order valence-electron chi connectivity index (χ4n) is 2.43. The van der Waals surface area contributed by atoms with E-state index in [-0.39, 0.29) is 16.8 Å². The Kier molecular flexibility index (Phi) is 8.41. The zero-order valence-electron chi connectivity index (χ0n) is 16.8. The van der Waals surface area contributed by atoms with Crippen molar-refractivity contribution in [3.8, 4) is 5.75 Å². The largest absolute Gasteiger partial charge is 0.489 e. The Morgan fingerprint density at radius 1 is 1.10 bits per heavy atom. The van der Waals surface area contributed by atoms with Gasteiger partial charge in [0.25, 0.3) is 0 Å². The molecule has 0 aliphatic heterocycles. The van der Waals surface area contributed by atoms with Crippen LogP contribution in [0.2, 0.25) is 0 Å². The smallest absolute Gasteiger partial charge is 0.240 e. The van der Waals surface area contributed by atoms with Crippen LogP contribution in [0.5, 0.6) is 5.75 Å². The third-order valence-electron chi connectivity index (χ3n) is 3.97. The number of ether oxygens (including phenoxy) is 1. The van der Waals surface area contributed by atoms with Crippen molar-refractivity contribution in [2.75, 3.05) is 20.1 Å². The number of nitrogens with one attached hydrogen (secondary N) is 3. The van der Waals surface area contributed by atoms with Crippen LogP contribution in [-0.2, 0) is 16.6 Å². The molecule has 7 nitrogen and oxygen atoms in total. The SMILES string of the molecule is CCNC(=NCc1ccc(S(=O)(=O)NC)cc1)NCC(C)Oc1ccc(F)cc1. The van der Waals surface area contributed by atoms with Crippen molar-refractivity contribution >= 4 is 16.0 Å². The van der Waals surface area contributed by atoms with Crippen LogP contribution in [0.25, 0.3) is 0 Å². The fourth-order valence-corrected chi connectivity index (χ4v) is 3.16. The van der Waals surface area contributed by atoms with Crippen molar-refractivity contribution in [3.63, 3.8) is 0 Å². The molecule has 2 aromatic carbocycles. The average molecular weight is 423 g/mol. The normalized spacial score (nSPS) is 13.0. The minimum Gasteiger partial charge on any atom is -0.489 e. The van der Waals surface area contributed by atoms with E-state index < -0.39 is 10.0 Å². The molecule has 2 aromatic rings. The van der Waals surface area contributed by atoms with Gasteiger partial charge in [0.2, 0.25) is 10.0 Å². The summed E-state index contributed by atoms with van der Waals surface area (Å²) in [5.41, 5.74) is 0.882. The van der Waals surface area contributed by atoms with Gasteiger partial charge in [0.15, 0.2) is 5.96 Å². The maximum absolute atomic E-state index is 13.0. The molecule has 0 saturated carbocycles. The first-order chi connectivity index (χ1) is 13.8. The van der Waals surface area contributed by atoms with Gasteiger partial charge in [-0.25, -0.2) is 22.5 Å². The van der Waals surface area contributed by atoms with Gasteiger partial charge in [-0.05, 0) is 62.9 Å². The van der Waals surface area contributed by atoms with Crippen molar-refractivity contribution in [3.05, 3.63) is 59.9 Å². The second kappa shape index (κ2) is 10.8. The van der Waals surface area contributed by atoms with Crippen LogP contribution in [0, 0.1) is 5.82 Å². The van der Waals surface area contributed by atoms with Gasteiger partial charge in [-0.1, -0.05) is 12.1 Å². The molecule has 0 aliphatic carbocycles. The van der Waals surface area contributed by atoms with E-state index in [9.17, 15) is 12.8 Å². The summed E-state index contributed by atoms with van der Waals surface area (Å²) in [6.45, 7) is 5.46. The van der Waals surface area contributed by atoms with Crippen molar-refractivity contribution in [1.29, 1.82) is 0 Å². The number of hydrogen-bond donors (Lipinski definition) is 3. The van der Waals surface area contributed by atoms with Gasteiger partial charge in [0, 0.05) is 6.54 Å². The Hall–Kier alpha value is -2.65. The summed E-state index contributed by atoms with van der Waals surface area (Å²) in [4.78, 5) is 4.72. The quantitative estimate of drug-likeness (QED) is 0.426. The van der Waals surface area contributed by atoms with Crippen LogP contribution in [0.15, 0.2) is 58.4 Å². The van der Waals surface area contributed by atoms with Crippen molar-refractivity contribution < 1.29 is 17.5 Å². The molecule has 0 amide bonds. The van der Waals surface area contributed by atoms with E-state index in [2.05, 4.69) is 20.3 Å². The Bertz CT molecular complexity index is 900. The summed E-state index contributed by atoms with van der Waals surface area (Å²) in [6.07, 6.45) is -0.157. The van der Waals surface area contributed by atoms with E-state index >= 15 is 0 Å². The van der Waals surface area contributed by atoms with Gasteiger partial charge >= 0.3 is 0 Å². The summed E-state index contributed by atoms with van der Waals surface area (Å²) in [6, 6.07) is 12.5. The Morgan fingerprint density at radius 2 is 1.76 bits per heavy atom. The summed E-state index contributed by atoms with van der Waals surface area (Å²) >= 11 is 0. The summed E-state index contributed by atoms with van der Waals surface area (Å²) in [7, 11) is -2.07. The molecular formula is C20H27FN4O3S. The molecule has 9 heteroatoms. The molecule has 29 heavy (non-hydrogen) atoms. The first kappa shape index (κ1) is 22.6. The van der Waals surface area contributed by atoms with Crippen LogP contribution in [0.4, 0.5) is 4.39 Å². The van der Waals surface area contributed by atoms with E-state index in [1.165, 1.54) is 19.2 Å². The Balaban J connectivity index is 1.92. The molecule has 1 atom stereocenters. The predicted octanol–water partition coefficient (Wildman–Crippen LogP) is 2.26. The van der Waals surface area contributed by atoms with Gasteiger partial charge in [0.05, 0.1) is 18.0 Å². The molecule has 3 N–H and O–H groups in total. The Morgan fingerprint density at radius 3 is 2.34 bits per heavy atom. The van der Waals surface area contributed by atoms with Gasteiger partial charge in [-0.15, -0.1) is 0 Å². The van der Waals surface area contributed by atoms with Crippen molar-refractivity contribution in [2.45, 2.75) is 31.4 Å². The number of benzene rings is 2. The van der Waals surface area contributed by atoms with Crippen molar-refractivity contribution in [1.82, 2.24) is 15.4 Å². The molecule has 1 unspecified atom stereocenters. The summed E-state index contributed by atoms with van der Waals surface area (Å²) < 4.78 is 44.5. The van der Waals surface area contributed by atoms with Gasteiger partial charge in [-0.2, -0.15) is 0 Å². The number of aliphatic imine (C=N–C) groups is 1. The van der Waals surface area contributed by atoms with Crippen LogP contribution in [-0.4, -0.2) is 40.6 Å². The monoisotopic (exact) mass is 422 g/mol. The predicted molar refractivity (Wildman–Crippen MR) is 112 cm³/mol. The number of rotatable bonds is 9. The van der Waals surface area contributed by atoms with E-state index in [1.807, 2.05) is 13.8 Å². The fraction of sp³-hybridized carbons (Fsp3) is 0.350. The second-order valence-corrected chi connectivity index (χ2v) is 8.20. The molecule has 0 aromatic heterocycles. The molecule has 0 heterocycles. The first-order valence-corrected chi connectivity index (χ1v) is 10.8. The lowest BCUT2D eigenvalue weighted by molar-refractivity contribution is 0.223. The highest BCUT2D eigenvalue weighted by Crippen LogP contribution is 2.13. The Labute approximate surface area is 171 Å². The van der Waals surface area contributed by atoms with Gasteiger partial charge in [-0.3, -0.25) is 0 Å². The number of guanidine groups is 1. The average Bonchev–Trinajstić information content (AvgIpc) is 2.72. The number of hydrogen-bond acceptors (Lipinski definition) is 4. The minimum atomic E-state index is -3.45. The summed E-state index contributed by atoms with van der Waals surface area (Å²) in [5.74, 6) is 0.912. The van der Waals surface area contributed by atoms with Gasteiger partial charge < -0.3 is 15.4 Å². The molecule has 0 saturated heterocycles. The second-order valence-electron chi connectivity index (χ2n) is 6.31. The summed E-state index contributed by atoms with van der Waals surface area (Å²) in [5, 5.41) is 6.35. The molecule has 2 rings (SSSR count). The van der Waals surface area contributed by atoms with Gasteiger partial charge in [0.1, 0.15) is 17.7 Å². The zero-order chi connectivity index (χ0) is 21.3. The van der Waals surface area contributed by atoms with E-state index in [0.29, 0.717) is 31.3 Å². The topological polar surface area (TPSA) is 91.8 Å². The van der Waals surface area contributed by atoms with Crippen LogP contribution < -0.4 is 20.1 Å². The highest BCUT2D eigenvalue weighted by atomic mass is 32.2. The maximum Gasteiger partial charge on any atom is 0.240 e. The lowest BCUT2D eigenvalue weighted by Crippen LogP contribution is -2.41. The molecule has 0 radical (unpaired) electrons. The standard InChI is InChI=1S/C20H27FN4O3S/c1-4-23-20(24-13-15(2)28-18-9-7-17(21)8-10-18)25-14-16-5-11-19(12-6-16)29(26,27)22-3/h5-12,15,22H,4,13-14H2,1-3H3,(H2,23,24,25). The molecular weight excluding hydrogens is 395 g/mol.